The monoisotopic (exact) mass is 343 g/mol. The molecular weight excluding hydrogens is 318 g/mol. The van der Waals surface area contributed by atoms with Crippen LogP contribution in [0.5, 0.6) is 0 Å². The highest BCUT2D eigenvalue weighted by Gasteiger charge is 2.18. The van der Waals surface area contributed by atoms with Crippen molar-refractivity contribution in [3.05, 3.63) is 48.5 Å². The summed E-state index contributed by atoms with van der Waals surface area (Å²) >= 11 is 0. The number of anilines is 4. The Morgan fingerprint density at radius 1 is 0.920 bits per heavy atom. The summed E-state index contributed by atoms with van der Waals surface area (Å²) in [6.07, 6.45) is -0.679. The molecule has 0 saturated heterocycles. The van der Waals surface area contributed by atoms with E-state index in [0.29, 0.717) is 17.9 Å². The fourth-order valence-corrected chi connectivity index (χ4v) is 2.22. The van der Waals surface area contributed by atoms with Crippen LogP contribution in [0.2, 0.25) is 0 Å². The lowest BCUT2D eigenvalue weighted by atomic mass is 10.2. The number of nitrogen functional groups attached to an aromatic ring is 2. The molecule has 0 bridgehead atoms. The van der Waals surface area contributed by atoms with Gasteiger partial charge in [-0.2, -0.15) is 0 Å². The van der Waals surface area contributed by atoms with Gasteiger partial charge in [-0.05, 0) is 69.3 Å². The molecule has 0 radical (unpaired) electrons. The largest absolute Gasteiger partial charge is 0.508 e. The van der Waals surface area contributed by atoms with E-state index < -0.39 is 11.8 Å². The smallest absolute Gasteiger partial charge is 0.432 e. The summed E-state index contributed by atoms with van der Waals surface area (Å²) in [4.78, 5) is 13.7. The Kier molecular flexibility index (Phi) is 5.75. The van der Waals surface area contributed by atoms with Gasteiger partial charge in [-0.25, -0.2) is 4.79 Å². The van der Waals surface area contributed by atoms with Gasteiger partial charge in [0.2, 0.25) is 0 Å². The third-order valence-corrected chi connectivity index (χ3v) is 3.33. The fraction of sp³-hybridized carbons (Fsp3) is 0.316. The van der Waals surface area contributed by atoms with Crippen LogP contribution in [0.4, 0.5) is 27.5 Å². The van der Waals surface area contributed by atoms with Crippen LogP contribution in [0.3, 0.4) is 0 Å². The Morgan fingerprint density at radius 3 is 1.76 bits per heavy atom. The van der Waals surface area contributed by atoms with Crippen molar-refractivity contribution in [2.24, 2.45) is 0 Å². The summed E-state index contributed by atoms with van der Waals surface area (Å²) in [7, 11) is 0. The minimum atomic E-state index is -0.679. The van der Waals surface area contributed by atoms with Gasteiger partial charge in [0.25, 0.3) is 0 Å². The quantitative estimate of drug-likeness (QED) is 0.631. The molecule has 0 atom stereocenters. The standard InChI is InChI=1S/C19H25N3O3/c1-19(2,3)25-18(23)24-13-12-22(16-8-4-14(20)5-9-16)17-10-6-15(21)7-11-17/h4-11H,12-13,20-21H2,1-3H3. The summed E-state index contributed by atoms with van der Waals surface area (Å²) in [6, 6.07) is 15.0. The molecule has 6 heteroatoms. The van der Waals surface area contributed by atoms with E-state index in [-0.39, 0.29) is 6.61 Å². The number of carbonyl (C=O) groups excluding carboxylic acids is 1. The SMILES string of the molecule is CC(C)(C)OC(=O)OCCN(c1ccc(N)cc1)c1ccc(N)cc1. The predicted molar refractivity (Wildman–Crippen MR) is 101 cm³/mol. The zero-order valence-corrected chi connectivity index (χ0v) is 14.9. The molecule has 25 heavy (non-hydrogen) atoms. The Morgan fingerprint density at radius 2 is 1.36 bits per heavy atom. The minimum absolute atomic E-state index is 0.184. The molecule has 0 aromatic heterocycles. The Bertz CT molecular complexity index is 646. The third kappa shape index (κ3) is 5.91. The first-order valence-electron chi connectivity index (χ1n) is 8.09. The molecule has 0 spiro atoms. The topological polar surface area (TPSA) is 90.8 Å². The molecule has 4 N–H and O–H groups in total. The summed E-state index contributed by atoms with van der Waals surface area (Å²) in [5.74, 6) is 0. The van der Waals surface area contributed by atoms with E-state index in [1.807, 2.05) is 53.4 Å². The molecule has 0 saturated carbocycles. The predicted octanol–water partition coefficient (Wildman–Crippen LogP) is 3.94. The van der Waals surface area contributed by atoms with Crippen LogP contribution in [0.15, 0.2) is 48.5 Å². The van der Waals surface area contributed by atoms with Gasteiger partial charge in [0, 0.05) is 22.7 Å². The van der Waals surface area contributed by atoms with Gasteiger partial charge in [-0.15, -0.1) is 0 Å². The van der Waals surface area contributed by atoms with Crippen LogP contribution < -0.4 is 16.4 Å². The number of carbonyl (C=O) groups is 1. The van der Waals surface area contributed by atoms with E-state index in [2.05, 4.69) is 0 Å². The second-order valence-corrected chi connectivity index (χ2v) is 6.65. The molecule has 0 unspecified atom stereocenters. The Labute approximate surface area is 148 Å². The van der Waals surface area contributed by atoms with Crippen LogP contribution in [0.25, 0.3) is 0 Å². The minimum Gasteiger partial charge on any atom is -0.432 e. The second kappa shape index (κ2) is 7.79. The number of hydrogen-bond donors (Lipinski definition) is 2. The highest BCUT2D eigenvalue weighted by atomic mass is 16.7. The van der Waals surface area contributed by atoms with Gasteiger partial charge >= 0.3 is 6.16 Å². The van der Waals surface area contributed by atoms with E-state index in [1.165, 1.54) is 0 Å². The van der Waals surface area contributed by atoms with Crippen LogP contribution in [-0.2, 0) is 9.47 Å². The number of nitrogens with two attached hydrogens (primary N) is 2. The number of nitrogens with zero attached hydrogens (tertiary/aromatic N) is 1. The first-order chi connectivity index (χ1) is 11.7. The van der Waals surface area contributed by atoms with Crippen molar-refractivity contribution in [1.82, 2.24) is 0 Å². The van der Waals surface area contributed by atoms with Crippen molar-refractivity contribution >= 4 is 28.9 Å². The summed E-state index contributed by atoms with van der Waals surface area (Å²) in [5, 5.41) is 0. The lowest BCUT2D eigenvalue weighted by Gasteiger charge is -2.25. The van der Waals surface area contributed by atoms with Crippen LogP contribution >= 0.6 is 0 Å². The number of rotatable bonds is 5. The third-order valence-electron chi connectivity index (χ3n) is 3.33. The zero-order chi connectivity index (χ0) is 18.4. The lowest BCUT2D eigenvalue weighted by molar-refractivity contribution is -0.00580. The summed E-state index contributed by atoms with van der Waals surface area (Å²) < 4.78 is 10.3. The van der Waals surface area contributed by atoms with Gasteiger partial charge in [0.05, 0.1) is 6.54 Å². The first kappa shape index (κ1) is 18.4. The molecule has 6 nitrogen and oxygen atoms in total. The second-order valence-electron chi connectivity index (χ2n) is 6.65. The van der Waals surface area contributed by atoms with Crippen molar-refractivity contribution in [1.29, 1.82) is 0 Å². The van der Waals surface area contributed by atoms with E-state index in [0.717, 1.165) is 11.4 Å². The fourth-order valence-electron chi connectivity index (χ4n) is 2.22. The van der Waals surface area contributed by atoms with Crippen molar-refractivity contribution < 1.29 is 14.3 Å². The summed E-state index contributed by atoms with van der Waals surface area (Å²) in [6.45, 7) is 6.03. The number of benzene rings is 2. The number of hydrogen-bond acceptors (Lipinski definition) is 6. The molecule has 0 heterocycles. The van der Waals surface area contributed by atoms with Crippen LogP contribution in [0, 0.1) is 0 Å². The molecule has 0 aliphatic carbocycles. The highest BCUT2D eigenvalue weighted by molar-refractivity contribution is 5.66. The maximum Gasteiger partial charge on any atom is 0.508 e. The molecular formula is C19H25N3O3. The van der Waals surface area contributed by atoms with Gasteiger partial charge in [-0.1, -0.05) is 0 Å². The zero-order valence-electron chi connectivity index (χ0n) is 14.9. The van der Waals surface area contributed by atoms with Gasteiger partial charge in [0.1, 0.15) is 12.2 Å². The van der Waals surface area contributed by atoms with Crippen LogP contribution in [0.1, 0.15) is 20.8 Å². The molecule has 0 aliphatic rings. The van der Waals surface area contributed by atoms with Crippen molar-refractivity contribution in [2.45, 2.75) is 26.4 Å². The van der Waals surface area contributed by atoms with E-state index in [1.54, 1.807) is 20.8 Å². The first-order valence-corrected chi connectivity index (χ1v) is 8.09. The molecule has 2 aromatic rings. The van der Waals surface area contributed by atoms with E-state index >= 15 is 0 Å². The lowest BCUT2D eigenvalue weighted by Crippen LogP contribution is -2.28. The van der Waals surface area contributed by atoms with Crippen LogP contribution in [-0.4, -0.2) is 24.9 Å². The van der Waals surface area contributed by atoms with E-state index in [9.17, 15) is 4.79 Å². The molecule has 2 aromatic carbocycles. The van der Waals surface area contributed by atoms with Crippen molar-refractivity contribution in [3.8, 4) is 0 Å². The highest BCUT2D eigenvalue weighted by Crippen LogP contribution is 2.26. The molecule has 0 aliphatic heterocycles. The molecule has 2 rings (SSSR count). The Balaban J connectivity index is 2.08. The molecule has 0 fully saturated rings. The van der Waals surface area contributed by atoms with Crippen molar-refractivity contribution in [3.63, 3.8) is 0 Å². The van der Waals surface area contributed by atoms with Gasteiger partial charge in [-0.3, -0.25) is 0 Å². The number of ether oxygens (including phenoxy) is 2. The maximum absolute atomic E-state index is 11.7. The van der Waals surface area contributed by atoms with Crippen molar-refractivity contribution in [2.75, 3.05) is 29.5 Å². The normalized spacial score (nSPS) is 11.0. The molecule has 134 valence electrons. The maximum atomic E-state index is 11.7. The van der Waals surface area contributed by atoms with Gasteiger partial charge in [0.15, 0.2) is 0 Å². The Hall–Kier alpha value is -2.89. The average Bonchev–Trinajstić information content (AvgIpc) is 2.52. The summed E-state index contributed by atoms with van der Waals surface area (Å²) in [5.41, 5.74) is 14.2. The average molecular weight is 343 g/mol. The van der Waals surface area contributed by atoms with Gasteiger partial charge < -0.3 is 25.8 Å². The molecule has 0 amide bonds. The van der Waals surface area contributed by atoms with E-state index in [4.69, 9.17) is 20.9 Å².